The molecule has 6 nitrogen and oxygen atoms in total. The van der Waals surface area contributed by atoms with Crippen molar-refractivity contribution in [3.63, 3.8) is 0 Å². The van der Waals surface area contributed by atoms with E-state index >= 15 is 0 Å². The third-order valence-electron chi connectivity index (χ3n) is 3.71. The third kappa shape index (κ3) is 3.71. The molecule has 7 heteroatoms. The molecule has 0 aliphatic carbocycles. The van der Waals surface area contributed by atoms with Gasteiger partial charge in [0.25, 0.3) is 5.69 Å². The highest BCUT2D eigenvalue weighted by molar-refractivity contribution is 6.31. The summed E-state index contributed by atoms with van der Waals surface area (Å²) in [6.07, 6.45) is 1.64. The third-order valence-corrected chi connectivity index (χ3v) is 4.07. The van der Waals surface area contributed by atoms with E-state index in [0.717, 1.165) is 19.4 Å². The molecule has 114 valence electrons. The first-order chi connectivity index (χ1) is 10.0. The van der Waals surface area contributed by atoms with Gasteiger partial charge in [0.1, 0.15) is 0 Å². The van der Waals surface area contributed by atoms with Gasteiger partial charge in [-0.25, -0.2) is 0 Å². The quantitative estimate of drug-likeness (QED) is 0.485. The molecule has 1 aliphatic rings. The number of hydrogen-bond donors (Lipinski definition) is 0. The van der Waals surface area contributed by atoms with Gasteiger partial charge >= 0.3 is 5.97 Å². The number of piperidine rings is 1. The van der Waals surface area contributed by atoms with Gasteiger partial charge in [0.05, 0.1) is 28.5 Å². The fourth-order valence-electron chi connectivity index (χ4n) is 2.66. The minimum Gasteiger partial charge on any atom is -0.469 e. The number of nitrogens with zero attached hydrogens (tertiary/aromatic N) is 2. The molecular formula is C14H17ClN2O4. The highest BCUT2D eigenvalue weighted by atomic mass is 35.5. The number of rotatable bonds is 4. The lowest BCUT2D eigenvalue weighted by Crippen LogP contribution is -2.38. The summed E-state index contributed by atoms with van der Waals surface area (Å²) in [7, 11) is 1.38. The van der Waals surface area contributed by atoms with E-state index in [2.05, 4.69) is 0 Å². The van der Waals surface area contributed by atoms with Crippen LogP contribution in [-0.4, -0.2) is 36.0 Å². The number of esters is 1. The maximum absolute atomic E-state index is 11.6. The van der Waals surface area contributed by atoms with Crippen molar-refractivity contribution in [2.75, 3.05) is 20.2 Å². The molecule has 2 rings (SSSR count). The van der Waals surface area contributed by atoms with Crippen molar-refractivity contribution in [2.45, 2.75) is 19.4 Å². The van der Waals surface area contributed by atoms with Crippen LogP contribution in [0.15, 0.2) is 18.2 Å². The van der Waals surface area contributed by atoms with Crippen molar-refractivity contribution in [1.82, 2.24) is 4.90 Å². The van der Waals surface area contributed by atoms with Crippen molar-refractivity contribution in [1.29, 1.82) is 0 Å². The van der Waals surface area contributed by atoms with Gasteiger partial charge < -0.3 is 4.74 Å². The molecule has 0 spiro atoms. The summed E-state index contributed by atoms with van der Waals surface area (Å²) < 4.78 is 4.77. The number of nitro benzene ring substituents is 1. The average molecular weight is 313 g/mol. The lowest BCUT2D eigenvalue weighted by Gasteiger charge is -2.31. The van der Waals surface area contributed by atoms with E-state index in [9.17, 15) is 14.9 Å². The molecule has 1 aromatic carbocycles. The van der Waals surface area contributed by atoms with Crippen LogP contribution in [-0.2, 0) is 16.1 Å². The van der Waals surface area contributed by atoms with Gasteiger partial charge in [-0.1, -0.05) is 17.7 Å². The Morgan fingerprint density at radius 2 is 2.33 bits per heavy atom. The van der Waals surface area contributed by atoms with E-state index in [-0.39, 0.29) is 17.6 Å². The Morgan fingerprint density at radius 1 is 1.57 bits per heavy atom. The summed E-state index contributed by atoms with van der Waals surface area (Å²) in [4.78, 5) is 24.3. The molecule has 1 fully saturated rings. The monoisotopic (exact) mass is 312 g/mol. The van der Waals surface area contributed by atoms with Crippen LogP contribution < -0.4 is 0 Å². The van der Waals surface area contributed by atoms with Crippen LogP contribution in [0.4, 0.5) is 5.69 Å². The molecule has 21 heavy (non-hydrogen) atoms. The van der Waals surface area contributed by atoms with Crippen LogP contribution >= 0.6 is 11.6 Å². The Bertz CT molecular complexity index is 550. The number of likely N-dealkylation sites (tertiary alicyclic amines) is 1. The van der Waals surface area contributed by atoms with Gasteiger partial charge in [-0.3, -0.25) is 19.8 Å². The predicted octanol–water partition coefficient (Wildman–Crippen LogP) is 2.63. The summed E-state index contributed by atoms with van der Waals surface area (Å²) in [5.74, 6) is -0.404. The SMILES string of the molecule is COC(=O)[C@H]1CCCN(Cc2c(Cl)cccc2[N+](=O)[O-])C1. The molecule has 0 unspecified atom stereocenters. The van der Waals surface area contributed by atoms with Gasteiger partial charge in [0.2, 0.25) is 0 Å². The first kappa shape index (κ1) is 15.7. The maximum atomic E-state index is 11.6. The largest absolute Gasteiger partial charge is 0.469 e. The van der Waals surface area contributed by atoms with Crippen molar-refractivity contribution >= 4 is 23.3 Å². The highest BCUT2D eigenvalue weighted by Gasteiger charge is 2.28. The van der Waals surface area contributed by atoms with Crippen molar-refractivity contribution in [3.8, 4) is 0 Å². The Morgan fingerprint density at radius 3 is 3.00 bits per heavy atom. The second kappa shape index (κ2) is 6.87. The van der Waals surface area contributed by atoms with E-state index in [1.807, 2.05) is 4.90 Å². The van der Waals surface area contributed by atoms with Crippen LogP contribution in [0.3, 0.4) is 0 Å². The topological polar surface area (TPSA) is 72.7 Å². The minimum atomic E-state index is -0.428. The van der Waals surface area contributed by atoms with Crippen LogP contribution in [0.25, 0.3) is 0 Å². The lowest BCUT2D eigenvalue weighted by atomic mass is 9.97. The number of halogens is 1. The van der Waals surface area contributed by atoms with Crippen molar-refractivity contribution in [2.24, 2.45) is 5.92 Å². The van der Waals surface area contributed by atoms with E-state index < -0.39 is 4.92 Å². The molecule has 1 aromatic rings. The average Bonchev–Trinajstić information content (AvgIpc) is 2.48. The first-order valence-electron chi connectivity index (χ1n) is 6.75. The van der Waals surface area contributed by atoms with Gasteiger partial charge in [-0.15, -0.1) is 0 Å². The molecule has 1 atom stereocenters. The normalized spacial score (nSPS) is 19.2. The fraction of sp³-hybridized carbons (Fsp3) is 0.500. The van der Waals surface area contributed by atoms with Gasteiger partial charge in [0.15, 0.2) is 0 Å². The molecule has 0 saturated carbocycles. The first-order valence-corrected chi connectivity index (χ1v) is 7.12. The van der Waals surface area contributed by atoms with Crippen LogP contribution in [0.2, 0.25) is 5.02 Å². The number of nitro groups is 1. The molecule has 0 aromatic heterocycles. The molecule has 0 N–H and O–H groups in total. The smallest absolute Gasteiger partial charge is 0.309 e. The van der Waals surface area contributed by atoms with Gasteiger partial charge in [-0.05, 0) is 25.5 Å². The Hall–Kier alpha value is -1.66. The molecule has 0 amide bonds. The number of carbonyl (C=O) groups excluding carboxylic acids is 1. The fourth-order valence-corrected chi connectivity index (χ4v) is 2.89. The summed E-state index contributed by atoms with van der Waals surface area (Å²) in [5, 5.41) is 11.5. The predicted molar refractivity (Wildman–Crippen MR) is 78.1 cm³/mol. The lowest BCUT2D eigenvalue weighted by molar-refractivity contribution is -0.385. The second-order valence-electron chi connectivity index (χ2n) is 5.09. The van der Waals surface area contributed by atoms with Crippen LogP contribution in [0.5, 0.6) is 0 Å². The summed E-state index contributed by atoms with van der Waals surface area (Å²) >= 11 is 6.10. The number of ether oxygens (including phenoxy) is 1. The summed E-state index contributed by atoms with van der Waals surface area (Å²) in [5.41, 5.74) is 0.511. The van der Waals surface area contributed by atoms with Crippen molar-refractivity contribution in [3.05, 3.63) is 38.9 Å². The van der Waals surface area contributed by atoms with Gasteiger partial charge in [-0.2, -0.15) is 0 Å². The standard InChI is InChI=1S/C14H17ClN2O4/c1-21-14(18)10-4-3-7-16(8-10)9-11-12(15)5-2-6-13(11)17(19)20/h2,5-6,10H,3-4,7-9H2,1H3/t10-/m0/s1. The van der Waals surface area contributed by atoms with E-state index in [1.54, 1.807) is 12.1 Å². The zero-order valence-corrected chi connectivity index (χ0v) is 12.5. The zero-order chi connectivity index (χ0) is 15.4. The molecule has 1 aliphatic heterocycles. The molecule has 0 bridgehead atoms. The van der Waals surface area contributed by atoms with E-state index in [1.165, 1.54) is 13.2 Å². The highest BCUT2D eigenvalue weighted by Crippen LogP contribution is 2.29. The molecule has 0 radical (unpaired) electrons. The Kier molecular flexibility index (Phi) is 5.14. The number of benzene rings is 1. The Labute approximate surface area is 127 Å². The van der Waals surface area contributed by atoms with E-state index in [0.29, 0.717) is 23.7 Å². The minimum absolute atomic E-state index is 0.0164. The maximum Gasteiger partial charge on any atom is 0.309 e. The summed E-state index contributed by atoms with van der Waals surface area (Å²) in [6.45, 7) is 1.69. The number of hydrogen-bond acceptors (Lipinski definition) is 5. The number of carbonyl (C=O) groups is 1. The second-order valence-corrected chi connectivity index (χ2v) is 5.50. The Balaban J connectivity index is 2.15. The zero-order valence-electron chi connectivity index (χ0n) is 11.8. The van der Waals surface area contributed by atoms with Crippen LogP contribution in [0.1, 0.15) is 18.4 Å². The molecule has 1 saturated heterocycles. The van der Waals surface area contributed by atoms with Crippen molar-refractivity contribution < 1.29 is 14.5 Å². The molecule has 1 heterocycles. The molecular weight excluding hydrogens is 296 g/mol. The van der Waals surface area contributed by atoms with E-state index in [4.69, 9.17) is 16.3 Å². The summed E-state index contributed by atoms with van der Waals surface area (Å²) in [6, 6.07) is 4.66. The van der Waals surface area contributed by atoms with Crippen LogP contribution in [0, 0.1) is 16.0 Å². The van der Waals surface area contributed by atoms with Gasteiger partial charge in [0, 0.05) is 19.2 Å². The number of methoxy groups -OCH3 is 1.